The van der Waals surface area contributed by atoms with Crippen molar-refractivity contribution in [1.82, 2.24) is 5.32 Å². The predicted molar refractivity (Wildman–Crippen MR) is 65.6 cm³/mol. The van der Waals surface area contributed by atoms with Crippen molar-refractivity contribution in [3.8, 4) is 0 Å². The van der Waals surface area contributed by atoms with Crippen LogP contribution in [0.2, 0.25) is 0 Å². The Morgan fingerprint density at radius 1 is 1.21 bits per heavy atom. The van der Waals surface area contributed by atoms with E-state index in [0.29, 0.717) is 12.1 Å². The molecule has 0 bridgehead atoms. The van der Waals surface area contributed by atoms with Gasteiger partial charge >= 0.3 is 0 Å². The monoisotopic (exact) mass is 197 g/mol. The zero-order valence-electron chi connectivity index (χ0n) is 10.2. The minimum absolute atomic E-state index is 0.516. The van der Waals surface area contributed by atoms with Gasteiger partial charge in [0.25, 0.3) is 0 Å². The molecule has 2 atom stereocenters. The van der Waals surface area contributed by atoms with Crippen LogP contribution in [-0.2, 0) is 0 Å². The van der Waals surface area contributed by atoms with Crippen molar-refractivity contribution in [1.29, 1.82) is 0 Å². The van der Waals surface area contributed by atoms with Gasteiger partial charge in [-0.15, -0.1) is 6.58 Å². The van der Waals surface area contributed by atoms with Gasteiger partial charge in [0.05, 0.1) is 0 Å². The summed E-state index contributed by atoms with van der Waals surface area (Å²) in [6.07, 6.45) is 9.87. The maximum absolute atomic E-state index is 3.88. The van der Waals surface area contributed by atoms with Crippen molar-refractivity contribution in [3.63, 3.8) is 0 Å². The average molecular weight is 197 g/mol. The van der Waals surface area contributed by atoms with Gasteiger partial charge in [-0.25, -0.2) is 0 Å². The second kappa shape index (κ2) is 9.26. The number of hydrogen-bond acceptors (Lipinski definition) is 1. The van der Waals surface area contributed by atoms with Gasteiger partial charge in [-0.3, -0.25) is 0 Å². The van der Waals surface area contributed by atoms with Crippen LogP contribution in [-0.4, -0.2) is 12.1 Å². The van der Waals surface area contributed by atoms with E-state index in [-0.39, 0.29) is 0 Å². The molecule has 0 amide bonds. The molecule has 1 heteroatoms. The summed E-state index contributed by atoms with van der Waals surface area (Å²) in [6.45, 7) is 10.6. The van der Waals surface area contributed by atoms with E-state index in [9.17, 15) is 0 Å². The summed E-state index contributed by atoms with van der Waals surface area (Å²) in [4.78, 5) is 0. The van der Waals surface area contributed by atoms with E-state index >= 15 is 0 Å². The van der Waals surface area contributed by atoms with Crippen LogP contribution in [0.25, 0.3) is 0 Å². The Hall–Kier alpha value is -0.300. The molecule has 0 heterocycles. The molecule has 84 valence electrons. The number of unbranched alkanes of at least 4 members (excludes halogenated alkanes) is 3. The Kier molecular flexibility index (Phi) is 9.06. The molecule has 0 aromatic carbocycles. The minimum atomic E-state index is 0.516. The van der Waals surface area contributed by atoms with Gasteiger partial charge in [-0.1, -0.05) is 45.6 Å². The van der Waals surface area contributed by atoms with Crippen molar-refractivity contribution in [2.45, 2.75) is 71.4 Å². The standard InChI is InChI=1S/C13H27N/c1-5-8-9-10-11-13(7-3)14-12(4)6-2/h7,12-14H,3,5-6,8-11H2,1-2,4H3. The lowest BCUT2D eigenvalue weighted by Crippen LogP contribution is -2.34. The maximum atomic E-state index is 3.88. The molecular weight excluding hydrogens is 170 g/mol. The fraction of sp³-hybridized carbons (Fsp3) is 0.846. The third kappa shape index (κ3) is 7.14. The SMILES string of the molecule is C=CC(CCCCCC)NC(C)CC. The molecule has 1 nitrogen and oxygen atoms in total. The van der Waals surface area contributed by atoms with Gasteiger partial charge in [-0.2, -0.15) is 0 Å². The Morgan fingerprint density at radius 2 is 1.93 bits per heavy atom. The maximum Gasteiger partial charge on any atom is 0.0249 e. The topological polar surface area (TPSA) is 12.0 Å². The highest BCUT2D eigenvalue weighted by molar-refractivity contribution is 4.86. The van der Waals surface area contributed by atoms with Crippen LogP contribution in [0.15, 0.2) is 12.7 Å². The lowest BCUT2D eigenvalue weighted by Gasteiger charge is -2.19. The van der Waals surface area contributed by atoms with E-state index in [1.54, 1.807) is 0 Å². The normalized spacial score (nSPS) is 15.1. The third-order valence-corrected chi connectivity index (χ3v) is 2.76. The molecule has 0 aliphatic heterocycles. The predicted octanol–water partition coefficient (Wildman–Crippen LogP) is 3.90. The number of rotatable bonds is 9. The van der Waals surface area contributed by atoms with Gasteiger partial charge in [0.15, 0.2) is 0 Å². The van der Waals surface area contributed by atoms with Crippen molar-refractivity contribution < 1.29 is 0 Å². The summed E-state index contributed by atoms with van der Waals surface area (Å²) in [5.74, 6) is 0. The van der Waals surface area contributed by atoms with Gasteiger partial charge in [-0.05, 0) is 19.8 Å². The first kappa shape index (κ1) is 13.7. The first-order valence-corrected chi connectivity index (χ1v) is 6.13. The molecule has 0 aliphatic carbocycles. The van der Waals surface area contributed by atoms with Gasteiger partial charge in [0.1, 0.15) is 0 Å². The zero-order chi connectivity index (χ0) is 10.8. The summed E-state index contributed by atoms with van der Waals surface area (Å²) >= 11 is 0. The first-order valence-electron chi connectivity index (χ1n) is 6.13. The van der Waals surface area contributed by atoms with E-state index in [1.807, 2.05) is 0 Å². The molecule has 0 fully saturated rings. The highest BCUT2D eigenvalue weighted by Crippen LogP contribution is 2.07. The number of nitrogens with one attached hydrogen (secondary N) is 1. The molecular formula is C13H27N. The van der Waals surface area contributed by atoms with Gasteiger partial charge in [0, 0.05) is 12.1 Å². The molecule has 0 spiro atoms. The molecule has 1 N–H and O–H groups in total. The largest absolute Gasteiger partial charge is 0.308 e. The molecule has 0 rings (SSSR count). The highest BCUT2D eigenvalue weighted by Gasteiger charge is 2.06. The summed E-state index contributed by atoms with van der Waals surface area (Å²) in [5.41, 5.74) is 0. The van der Waals surface area contributed by atoms with E-state index in [4.69, 9.17) is 0 Å². The Balaban J connectivity index is 3.52. The second-order valence-corrected chi connectivity index (χ2v) is 4.17. The van der Waals surface area contributed by atoms with Crippen LogP contribution < -0.4 is 5.32 Å². The summed E-state index contributed by atoms with van der Waals surface area (Å²) in [5, 5.41) is 3.58. The molecule has 0 radical (unpaired) electrons. The quantitative estimate of drug-likeness (QED) is 0.436. The number of hydrogen-bond donors (Lipinski definition) is 1. The van der Waals surface area contributed by atoms with Crippen LogP contribution in [0.5, 0.6) is 0 Å². The molecule has 0 saturated heterocycles. The smallest absolute Gasteiger partial charge is 0.0249 e. The van der Waals surface area contributed by atoms with Crippen molar-refractivity contribution in [3.05, 3.63) is 12.7 Å². The molecule has 14 heavy (non-hydrogen) atoms. The van der Waals surface area contributed by atoms with Gasteiger partial charge in [0.2, 0.25) is 0 Å². The molecule has 0 aromatic rings. The van der Waals surface area contributed by atoms with E-state index < -0.39 is 0 Å². The van der Waals surface area contributed by atoms with Crippen LogP contribution >= 0.6 is 0 Å². The molecule has 0 aliphatic rings. The summed E-state index contributed by atoms with van der Waals surface area (Å²) in [7, 11) is 0. The van der Waals surface area contributed by atoms with Crippen molar-refractivity contribution in [2.24, 2.45) is 0 Å². The zero-order valence-corrected chi connectivity index (χ0v) is 10.2. The van der Waals surface area contributed by atoms with Crippen LogP contribution in [0, 0.1) is 0 Å². The van der Waals surface area contributed by atoms with Crippen LogP contribution in [0.1, 0.15) is 59.3 Å². The molecule has 0 saturated carbocycles. The fourth-order valence-corrected chi connectivity index (χ4v) is 1.54. The van der Waals surface area contributed by atoms with E-state index in [0.717, 1.165) is 0 Å². The summed E-state index contributed by atoms with van der Waals surface area (Å²) in [6, 6.07) is 1.13. The highest BCUT2D eigenvalue weighted by atomic mass is 14.9. The molecule has 0 aromatic heterocycles. The Labute approximate surface area is 90.0 Å². The minimum Gasteiger partial charge on any atom is -0.308 e. The first-order chi connectivity index (χ1) is 6.74. The van der Waals surface area contributed by atoms with E-state index in [1.165, 1.54) is 38.5 Å². The second-order valence-electron chi connectivity index (χ2n) is 4.17. The summed E-state index contributed by atoms with van der Waals surface area (Å²) < 4.78 is 0. The van der Waals surface area contributed by atoms with Crippen LogP contribution in [0.3, 0.4) is 0 Å². The lowest BCUT2D eigenvalue weighted by atomic mass is 10.1. The van der Waals surface area contributed by atoms with Crippen molar-refractivity contribution >= 4 is 0 Å². The van der Waals surface area contributed by atoms with Crippen molar-refractivity contribution in [2.75, 3.05) is 0 Å². The Bertz CT molecular complexity index is 131. The van der Waals surface area contributed by atoms with E-state index in [2.05, 4.69) is 38.7 Å². The van der Waals surface area contributed by atoms with Crippen LogP contribution in [0.4, 0.5) is 0 Å². The molecule has 2 unspecified atom stereocenters. The lowest BCUT2D eigenvalue weighted by molar-refractivity contribution is 0.450. The fourth-order valence-electron chi connectivity index (χ4n) is 1.54. The van der Waals surface area contributed by atoms with Gasteiger partial charge < -0.3 is 5.32 Å². The third-order valence-electron chi connectivity index (χ3n) is 2.76. The average Bonchev–Trinajstić information content (AvgIpc) is 2.22. The Morgan fingerprint density at radius 3 is 2.43 bits per heavy atom.